The number of nitrogens with zero attached hydrogens (tertiary/aromatic N) is 2. The van der Waals surface area contributed by atoms with E-state index in [1.807, 2.05) is 0 Å². The number of esters is 2. The van der Waals surface area contributed by atoms with Gasteiger partial charge in [0.25, 0.3) is 11.8 Å². The van der Waals surface area contributed by atoms with Crippen LogP contribution in [0.3, 0.4) is 0 Å². The highest BCUT2D eigenvalue weighted by atomic mass is 16.5. The van der Waals surface area contributed by atoms with Crippen molar-refractivity contribution in [2.24, 2.45) is 0 Å². The molecule has 2 aromatic carbocycles. The minimum atomic E-state index is -0.691. The van der Waals surface area contributed by atoms with Gasteiger partial charge in [-0.3, -0.25) is 14.5 Å². The van der Waals surface area contributed by atoms with Crippen molar-refractivity contribution in [2.45, 2.75) is 6.54 Å². The minimum absolute atomic E-state index is 0.0304. The van der Waals surface area contributed by atoms with Gasteiger partial charge in [0.15, 0.2) is 0 Å². The molecule has 32 heavy (non-hydrogen) atoms. The van der Waals surface area contributed by atoms with Gasteiger partial charge in [0.2, 0.25) is 0 Å². The molecular formula is C23H20N2O7. The first kappa shape index (κ1) is 21.3. The van der Waals surface area contributed by atoms with Gasteiger partial charge in [-0.05, 0) is 29.8 Å². The van der Waals surface area contributed by atoms with Crippen molar-refractivity contribution in [2.75, 3.05) is 32.5 Å². The maximum atomic E-state index is 12.6. The summed E-state index contributed by atoms with van der Waals surface area (Å²) < 4.78 is 15.1. The molecule has 0 bridgehead atoms. The highest BCUT2D eigenvalue weighted by Gasteiger charge is 2.35. The van der Waals surface area contributed by atoms with Gasteiger partial charge in [0.1, 0.15) is 12.4 Å². The van der Waals surface area contributed by atoms with Crippen LogP contribution >= 0.6 is 0 Å². The molecule has 164 valence electrons. The molecule has 2 aliphatic rings. The van der Waals surface area contributed by atoms with Crippen LogP contribution in [-0.2, 0) is 30.3 Å². The molecule has 2 aliphatic heterocycles. The molecule has 0 saturated carbocycles. The van der Waals surface area contributed by atoms with Gasteiger partial charge in [-0.2, -0.15) is 0 Å². The second-order valence-corrected chi connectivity index (χ2v) is 7.12. The Morgan fingerprint density at radius 1 is 0.906 bits per heavy atom. The molecule has 0 spiro atoms. The highest BCUT2D eigenvalue weighted by molar-refractivity contribution is 6.21. The largest absolute Gasteiger partial charge is 0.466 e. The van der Waals surface area contributed by atoms with Crippen LogP contribution in [0.1, 0.15) is 26.3 Å². The number of ether oxygens (including phenoxy) is 3. The van der Waals surface area contributed by atoms with E-state index in [1.165, 1.54) is 24.0 Å². The van der Waals surface area contributed by atoms with Crippen LogP contribution in [0.25, 0.3) is 0 Å². The normalized spacial score (nSPS) is 15.7. The van der Waals surface area contributed by atoms with Crippen molar-refractivity contribution in [3.8, 4) is 0 Å². The average molecular weight is 436 g/mol. The van der Waals surface area contributed by atoms with Crippen LogP contribution < -0.4 is 4.90 Å². The SMILES string of the molecule is COC(=O)C1=C(C(=O)OC)N(c2ccc(CN3C(=O)c4ccccc4C3=O)cc2)COC1. The first-order valence-electron chi connectivity index (χ1n) is 9.75. The molecule has 0 unspecified atom stereocenters. The number of carbonyl (C=O) groups excluding carboxylic acids is 4. The summed E-state index contributed by atoms with van der Waals surface area (Å²) in [5.41, 5.74) is 2.17. The van der Waals surface area contributed by atoms with Gasteiger partial charge in [-0.25, -0.2) is 9.59 Å². The number of anilines is 1. The summed E-state index contributed by atoms with van der Waals surface area (Å²) in [5, 5.41) is 0. The van der Waals surface area contributed by atoms with E-state index in [4.69, 9.17) is 14.2 Å². The predicted octanol–water partition coefficient (Wildman–Crippen LogP) is 1.88. The van der Waals surface area contributed by atoms with E-state index >= 15 is 0 Å². The van der Waals surface area contributed by atoms with Gasteiger partial charge in [-0.15, -0.1) is 0 Å². The molecule has 9 nitrogen and oxygen atoms in total. The number of hydrogen-bond acceptors (Lipinski definition) is 8. The fourth-order valence-corrected chi connectivity index (χ4v) is 3.69. The second kappa shape index (κ2) is 8.64. The second-order valence-electron chi connectivity index (χ2n) is 7.12. The van der Waals surface area contributed by atoms with Crippen molar-refractivity contribution in [1.29, 1.82) is 0 Å². The van der Waals surface area contributed by atoms with E-state index in [0.717, 1.165) is 5.56 Å². The lowest BCUT2D eigenvalue weighted by Gasteiger charge is -2.31. The number of imide groups is 1. The zero-order chi connectivity index (χ0) is 22.8. The third-order valence-corrected chi connectivity index (χ3v) is 5.30. The zero-order valence-electron chi connectivity index (χ0n) is 17.5. The summed E-state index contributed by atoms with van der Waals surface area (Å²) in [6, 6.07) is 13.6. The first-order valence-corrected chi connectivity index (χ1v) is 9.75. The Morgan fingerprint density at radius 3 is 2.06 bits per heavy atom. The lowest BCUT2D eigenvalue weighted by molar-refractivity contribution is -0.140. The maximum absolute atomic E-state index is 12.6. The highest BCUT2D eigenvalue weighted by Crippen LogP contribution is 2.28. The summed E-state index contributed by atoms with van der Waals surface area (Å²) >= 11 is 0. The minimum Gasteiger partial charge on any atom is -0.466 e. The third kappa shape index (κ3) is 3.63. The molecule has 0 atom stereocenters. The average Bonchev–Trinajstić information content (AvgIpc) is 3.08. The van der Waals surface area contributed by atoms with E-state index in [-0.39, 0.29) is 43.0 Å². The Labute approximate surface area is 183 Å². The monoisotopic (exact) mass is 436 g/mol. The van der Waals surface area contributed by atoms with Gasteiger partial charge >= 0.3 is 11.9 Å². The Morgan fingerprint density at radius 2 is 1.50 bits per heavy atom. The fourth-order valence-electron chi connectivity index (χ4n) is 3.69. The topological polar surface area (TPSA) is 102 Å². The van der Waals surface area contributed by atoms with E-state index in [1.54, 1.807) is 48.5 Å². The van der Waals surface area contributed by atoms with E-state index in [0.29, 0.717) is 16.8 Å². The van der Waals surface area contributed by atoms with Crippen molar-refractivity contribution < 1.29 is 33.4 Å². The molecule has 0 aromatic heterocycles. The van der Waals surface area contributed by atoms with Crippen LogP contribution in [0, 0.1) is 0 Å². The number of hydrogen-bond donors (Lipinski definition) is 0. The molecule has 0 N–H and O–H groups in total. The van der Waals surface area contributed by atoms with Crippen molar-refractivity contribution in [1.82, 2.24) is 4.90 Å². The summed E-state index contributed by atoms with van der Waals surface area (Å²) in [7, 11) is 2.44. The van der Waals surface area contributed by atoms with Gasteiger partial charge < -0.3 is 19.1 Å². The smallest absolute Gasteiger partial charge is 0.355 e. The Hall–Kier alpha value is -3.98. The number of methoxy groups -OCH3 is 2. The molecule has 0 radical (unpaired) electrons. The summed E-state index contributed by atoms with van der Waals surface area (Å²) in [4.78, 5) is 52.4. The lowest BCUT2D eigenvalue weighted by Crippen LogP contribution is -2.38. The van der Waals surface area contributed by atoms with Gasteiger partial charge in [0.05, 0.1) is 44.1 Å². The molecule has 2 amide bonds. The molecule has 9 heteroatoms. The molecule has 0 saturated heterocycles. The van der Waals surface area contributed by atoms with Crippen LogP contribution in [0.5, 0.6) is 0 Å². The molecule has 2 aromatic rings. The van der Waals surface area contributed by atoms with Crippen LogP contribution in [0.4, 0.5) is 5.69 Å². The van der Waals surface area contributed by atoms with E-state index in [9.17, 15) is 19.2 Å². The van der Waals surface area contributed by atoms with E-state index < -0.39 is 11.9 Å². The van der Waals surface area contributed by atoms with E-state index in [2.05, 4.69) is 0 Å². The van der Waals surface area contributed by atoms with Crippen molar-refractivity contribution in [3.05, 3.63) is 76.5 Å². The maximum Gasteiger partial charge on any atom is 0.355 e. The number of rotatable bonds is 5. The molecule has 0 aliphatic carbocycles. The Bertz CT molecular complexity index is 1100. The predicted molar refractivity (Wildman–Crippen MR) is 111 cm³/mol. The molecule has 4 rings (SSSR count). The summed E-state index contributed by atoms with van der Waals surface area (Å²) in [6.07, 6.45) is 0. The van der Waals surface area contributed by atoms with Crippen LogP contribution in [-0.4, -0.2) is 56.2 Å². The standard InChI is InChI=1S/C23H20N2O7/c1-30-22(28)18-12-32-13-25(19(18)23(29)31-2)15-9-7-14(8-10-15)11-24-20(26)16-5-3-4-6-17(16)21(24)27/h3-10H,11-13H2,1-2H3. The third-order valence-electron chi connectivity index (χ3n) is 5.30. The van der Waals surface area contributed by atoms with Gasteiger partial charge in [0, 0.05) is 5.69 Å². The molecule has 2 heterocycles. The fraction of sp³-hybridized carbons (Fsp3) is 0.217. The number of fused-ring (bicyclic) bond motifs is 1. The summed E-state index contributed by atoms with van der Waals surface area (Å²) in [6.45, 7) is 0.0599. The molecular weight excluding hydrogens is 416 g/mol. The zero-order valence-corrected chi connectivity index (χ0v) is 17.5. The van der Waals surface area contributed by atoms with Crippen molar-refractivity contribution >= 4 is 29.4 Å². The van der Waals surface area contributed by atoms with Crippen molar-refractivity contribution in [3.63, 3.8) is 0 Å². The van der Waals surface area contributed by atoms with Crippen LogP contribution in [0.15, 0.2) is 59.8 Å². The van der Waals surface area contributed by atoms with Crippen LogP contribution in [0.2, 0.25) is 0 Å². The van der Waals surface area contributed by atoms with Gasteiger partial charge in [-0.1, -0.05) is 24.3 Å². The lowest BCUT2D eigenvalue weighted by atomic mass is 10.1. The number of amides is 2. The summed E-state index contributed by atoms with van der Waals surface area (Å²) in [5.74, 6) is -2.04. The first-order chi connectivity index (χ1) is 15.5. The quantitative estimate of drug-likeness (QED) is 0.517. The Balaban J connectivity index is 1.59. The Kier molecular flexibility index (Phi) is 5.74. The number of carbonyl (C=O) groups is 4. The number of benzene rings is 2. The molecule has 0 fully saturated rings.